The highest BCUT2D eigenvalue weighted by atomic mass is 16.5. The Morgan fingerprint density at radius 2 is 1.74 bits per heavy atom. The molecule has 1 unspecified atom stereocenters. The highest BCUT2D eigenvalue weighted by Crippen LogP contribution is 2.44. The van der Waals surface area contributed by atoms with Crippen LogP contribution in [0.15, 0.2) is 82.0 Å². The van der Waals surface area contributed by atoms with E-state index in [0.717, 1.165) is 11.6 Å². The number of fused-ring (bicyclic) bond motifs is 1. The molecule has 0 bridgehead atoms. The van der Waals surface area contributed by atoms with E-state index in [1.807, 2.05) is 13.0 Å². The Labute approximate surface area is 219 Å². The second-order valence-corrected chi connectivity index (χ2v) is 8.86. The van der Waals surface area contributed by atoms with Gasteiger partial charge in [0.15, 0.2) is 16.9 Å². The van der Waals surface area contributed by atoms with Crippen molar-refractivity contribution in [1.82, 2.24) is 0 Å². The predicted molar refractivity (Wildman–Crippen MR) is 143 cm³/mol. The van der Waals surface area contributed by atoms with Gasteiger partial charge in [-0.05, 0) is 30.2 Å². The Hall–Kier alpha value is -4.72. The van der Waals surface area contributed by atoms with Gasteiger partial charge in [-0.15, -0.1) is 0 Å². The van der Waals surface area contributed by atoms with Crippen molar-refractivity contribution >= 4 is 16.9 Å². The first kappa shape index (κ1) is 26.3. The maximum atomic E-state index is 13.1. The quantitative estimate of drug-likeness (QED) is 0.220. The van der Waals surface area contributed by atoms with Crippen molar-refractivity contribution in [3.8, 4) is 34.3 Å². The maximum Gasteiger partial charge on any atom is 0.306 e. The molecule has 1 aromatic heterocycles. The summed E-state index contributed by atoms with van der Waals surface area (Å²) in [6.07, 6.45) is -0.196. The van der Waals surface area contributed by atoms with Crippen LogP contribution in [0.3, 0.4) is 0 Å². The monoisotopic (exact) mass is 516 g/mol. The van der Waals surface area contributed by atoms with Crippen molar-refractivity contribution < 1.29 is 33.6 Å². The average Bonchev–Trinajstić information content (AvgIpc) is 2.90. The number of phenols is 2. The number of esters is 1. The molecular formula is C30H28O8. The summed E-state index contributed by atoms with van der Waals surface area (Å²) in [5, 5.41) is 21.5. The Morgan fingerprint density at radius 1 is 1.00 bits per heavy atom. The molecule has 0 saturated heterocycles. The molecule has 8 heteroatoms. The molecule has 0 aliphatic rings. The lowest BCUT2D eigenvalue weighted by Crippen LogP contribution is -2.13. The van der Waals surface area contributed by atoms with Crippen LogP contribution in [0.5, 0.6) is 23.0 Å². The van der Waals surface area contributed by atoms with E-state index in [4.69, 9.17) is 18.6 Å². The number of hydrogen-bond donors (Lipinski definition) is 2. The van der Waals surface area contributed by atoms with E-state index in [1.54, 1.807) is 42.5 Å². The van der Waals surface area contributed by atoms with Crippen LogP contribution in [0.4, 0.5) is 0 Å². The minimum Gasteiger partial charge on any atom is -0.507 e. The van der Waals surface area contributed by atoms with Crippen LogP contribution in [0, 0.1) is 0 Å². The summed E-state index contributed by atoms with van der Waals surface area (Å²) in [5.41, 5.74) is 1.63. The molecule has 1 atom stereocenters. The average molecular weight is 517 g/mol. The van der Waals surface area contributed by atoms with Crippen molar-refractivity contribution in [2.24, 2.45) is 0 Å². The molecule has 0 amide bonds. The Morgan fingerprint density at radius 3 is 2.39 bits per heavy atom. The molecule has 0 radical (unpaired) electrons. The molecule has 2 N–H and O–H groups in total. The van der Waals surface area contributed by atoms with Gasteiger partial charge in [-0.1, -0.05) is 43.0 Å². The Bertz CT molecular complexity index is 1550. The molecule has 1 heterocycles. The van der Waals surface area contributed by atoms with Crippen molar-refractivity contribution in [2.75, 3.05) is 20.8 Å². The number of ether oxygens (including phenoxy) is 3. The van der Waals surface area contributed by atoms with Gasteiger partial charge in [-0.2, -0.15) is 0 Å². The van der Waals surface area contributed by atoms with Crippen LogP contribution < -0.4 is 14.9 Å². The fourth-order valence-electron chi connectivity index (χ4n) is 4.26. The lowest BCUT2D eigenvalue weighted by atomic mass is 9.86. The third kappa shape index (κ3) is 5.34. The summed E-state index contributed by atoms with van der Waals surface area (Å²) < 4.78 is 22.4. The maximum absolute atomic E-state index is 13.1. The second-order valence-electron chi connectivity index (χ2n) is 8.86. The van der Waals surface area contributed by atoms with Gasteiger partial charge in [-0.3, -0.25) is 9.59 Å². The molecule has 196 valence electrons. The van der Waals surface area contributed by atoms with Crippen LogP contribution >= 0.6 is 0 Å². The normalized spacial score (nSPS) is 11.7. The fourth-order valence-corrected chi connectivity index (χ4v) is 4.26. The van der Waals surface area contributed by atoms with E-state index >= 15 is 0 Å². The number of benzene rings is 3. The minimum absolute atomic E-state index is 0.0377. The van der Waals surface area contributed by atoms with E-state index in [-0.39, 0.29) is 41.1 Å². The third-order valence-electron chi connectivity index (χ3n) is 6.07. The number of carbonyl (C=O) groups is 1. The predicted octanol–water partition coefficient (Wildman–Crippen LogP) is 5.53. The number of rotatable bonds is 9. The molecular weight excluding hydrogens is 488 g/mol. The molecule has 38 heavy (non-hydrogen) atoms. The highest BCUT2D eigenvalue weighted by molar-refractivity contribution is 5.90. The SMILES string of the molecule is C=C(C)COc1ccc(C(CC(=O)OC)c2c(O)cc(O)c3c(=O)cc(-c4ccccc4)oc23)cc1OC. The van der Waals surface area contributed by atoms with E-state index in [2.05, 4.69) is 6.58 Å². The number of hydrogen-bond acceptors (Lipinski definition) is 8. The van der Waals surface area contributed by atoms with Crippen molar-refractivity contribution in [1.29, 1.82) is 0 Å². The molecule has 0 aliphatic heterocycles. The van der Waals surface area contributed by atoms with Crippen molar-refractivity contribution in [3.63, 3.8) is 0 Å². The van der Waals surface area contributed by atoms with E-state index in [9.17, 15) is 19.8 Å². The van der Waals surface area contributed by atoms with Crippen LogP contribution in [0.25, 0.3) is 22.3 Å². The minimum atomic E-state index is -0.830. The van der Waals surface area contributed by atoms with Gasteiger partial charge in [0.25, 0.3) is 0 Å². The summed E-state index contributed by atoms with van der Waals surface area (Å²) in [6, 6.07) is 16.4. The number of phenolic OH excluding ortho intramolecular Hbond substituents is 2. The Kier molecular flexibility index (Phi) is 7.71. The number of aromatic hydroxyl groups is 2. The second kappa shape index (κ2) is 11.1. The zero-order valence-corrected chi connectivity index (χ0v) is 21.3. The smallest absolute Gasteiger partial charge is 0.306 e. The number of methoxy groups -OCH3 is 2. The Balaban J connectivity index is 1.97. The fraction of sp³-hybridized carbons (Fsp3) is 0.200. The zero-order chi connectivity index (χ0) is 27.4. The molecule has 0 fully saturated rings. The standard InChI is InChI=1S/C30H28O8/c1-17(2)16-37-24-11-10-19(12-26(24)35-3)20(13-27(34)36-4)28-21(31)14-22(32)29-23(33)15-25(38-30(28)29)18-8-6-5-7-9-18/h5-12,14-15,20,31-32H,1,13,16H2,2-4H3. The van der Waals surface area contributed by atoms with Crippen LogP contribution in [-0.4, -0.2) is 37.0 Å². The van der Waals surface area contributed by atoms with E-state index < -0.39 is 23.1 Å². The largest absolute Gasteiger partial charge is 0.507 e. The van der Waals surface area contributed by atoms with Gasteiger partial charge < -0.3 is 28.8 Å². The van der Waals surface area contributed by atoms with Crippen LogP contribution in [0.1, 0.15) is 30.4 Å². The molecule has 0 saturated carbocycles. The lowest BCUT2D eigenvalue weighted by Gasteiger charge is -2.21. The first-order valence-corrected chi connectivity index (χ1v) is 11.8. The van der Waals surface area contributed by atoms with E-state index in [0.29, 0.717) is 22.6 Å². The van der Waals surface area contributed by atoms with Gasteiger partial charge in [0.2, 0.25) is 0 Å². The molecule has 4 rings (SSSR count). The van der Waals surface area contributed by atoms with Crippen LogP contribution in [0.2, 0.25) is 0 Å². The van der Waals surface area contributed by atoms with E-state index in [1.165, 1.54) is 20.3 Å². The van der Waals surface area contributed by atoms with Gasteiger partial charge in [0.1, 0.15) is 34.8 Å². The lowest BCUT2D eigenvalue weighted by molar-refractivity contribution is -0.140. The van der Waals surface area contributed by atoms with Gasteiger partial charge in [-0.25, -0.2) is 0 Å². The summed E-state index contributed by atoms with van der Waals surface area (Å²) in [6.45, 7) is 5.96. The number of carbonyl (C=O) groups excluding carboxylic acids is 1. The molecule has 0 aliphatic carbocycles. The first-order valence-electron chi connectivity index (χ1n) is 11.8. The van der Waals surface area contributed by atoms with Crippen LogP contribution in [-0.2, 0) is 9.53 Å². The van der Waals surface area contributed by atoms with Crippen molar-refractivity contribution in [3.05, 3.63) is 94.2 Å². The molecule has 3 aromatic carbocycles. The third-order valence-corrected chi connectivity index (χ3v) is 6.07. The summed E-state index contributed by atoms with van der Waals surface area (Å²) >= 11 is 0. The van der Waals surface area contributed by atoms with Gasteiger partial charge in [0, 0.05) is 29.2 Å². The van der Waals surface area contributed by atoms with Crippen molar-refractivity contribution in [2.45, 2.75) is 19.3 Å². The topological polar surface area (TPSA) is 115 Å². The van der Waals surface area contributed by atoms with Gasteiger partial charge >= 0.3 is 5.97 Å². The molecule has 0 spiro atoms. The first-order chi connectivity index (χ1) is 18.2. The summed E-state index contributed by atoms with van der Waals surface area (Å²) in [4.78, 5) is 25.7. The summed E-state index contributed by atoms with van der Waals surface area (Å²) in [7, 11) is 2.75. The highest BCUT2D eigenvalue weighted by Gasteiger charge is 2.29. The molecule has 4 aromatic rings. The van der Waals surface area contributed by atoms with Gasteiger partial charge in [0.05, 0.1) is 20.6 Å². The molecule has 8 nitrogen and oxygen atoms in total. The summed E-state index contributed by atoms with van der Waals surface area (Å²) in [5.74, 6) is -1.07. The zero-order valence-electron chi connectivity index (χ0n) is 21.3.